The molecule has 1 unspecified atom stereocenters. The second-order valence-corrected chi connectivity index (χ2v) is 13.8. The van der Waals surface area contributed by atoms with E-state index >= 15 is 0 Å². The molecule has 14 nitrogen and oxygen atoms in total. The Labute approximate surface area is 302 Å². The van der Waals surface area contributed by atoms with Crippen molar-refractivity contribution < 1.29 is 48.2 Å². The van der Waals surface area contributed by atoms with Gasteiger partial charge in [-0.25, -0.2) is 9.59 Å². The van der Waals surface area contributed by atoms with Gasteiger partial charge >= 0.3 is 12.2 Å². The zero-order valence-corrected chi connectivity index (χ0v) is 30.5. The molecule has 3 aliphatic heterocycles. The number of ether oxygens (including phenoxy) is 6. The molecule has 2 aromatic carbocycles. The number of anilines is 3. The monoisotopic (exact) mass is 730 g/mol. The number of methoxy groups -OCH3 is 3. The topological polar surface area (TPSA) is 187 Å². The van der Waals surface area contributed by atoms with Gasteiger partial charge in [0.05, 0.1) is 31.7 Å². The third-order valence-corrected chi connectivity index (χ3v) is 10.2. The van der Waals surface area contributed by atoms with Crippen molar-refractivity contribution in [2.45, 2.75) is 82.0 Å². The SMILES string of the molecule is COc1cc(N)ccc1NC(=O)O[C@H]1CC(O)N(C)c2cc(cc(OC)c2Cl)C/C(C)=C/C=C/[C@@H](OC)[C@@]2(O)C[C@H](OC(=O)N2)[C@@H](C)[C@@H]2O[C@@]12C. The highest BCUT2D eigenvalue weighted by Gasteiger charge is 2.64. The summed E-state index contributed by atoms with van der Waals surface area (Å²) in [5, 5.41) is 28.9. The summed E-state index contributed by atoms with van der Waals surface area (Å²) in [5.41, 5.74) is 5.99. The third-order valence-electron chi connectivity index (χ3n) is 9.82. The van der Waals surface area contributed by atoms with Crippen LogP contribution in [0.5, 0.6) is 11.5 Å². The first-order valence-corrected chi connectivity index (χ1v) is 16.9. The van der Waals surface area contributed by atoms with Crippen LogP contribution in [-0.4, -0.2) is 92.7 Å². The summed E-state index contributed by atoms with van der Waals surface area (Å²) in [7, 11) is 6.08. The molecule has 0 saturated carbocycles. The lowest BCUT2D eigenvalue weighted by atomic mass is 9.83. The van der Waals surface area contributed by atoms with Gasteiger partial charge in [0, 0.05) is 44.7 Å². The van der Waals surface area contributed by atoms with Crippen LogP contribution in [-0.2, 0) is 25.4 Å². The first-order chi connectivity index (χ1) is 24.1. The fraction of sp³-hybridized carbons (Fsp3) is 0.500. The highest BCUT2D eigenvalue weighted by Crippen LogP contribution is 2.49. The molecular weight excluding hydrogens is 684 g/mol. The van der Waals surface area contributed by atoms with E-state index in [0.29, 0.717) is 40.0 Å². The third kappa shape index (κ3) is 8.15. The molecule has 5 rings (SSSR count). The normalized spacial score (nSPS) is 32.6. The Kier molecular flexibility index (Phi) is 11.3. The summed E-state index contributed by atoms with van der Waals surface area (Å²) in [6.45, 7) is 5.52. The van der Waals surface area contributed by atoms with Gasteiger partial charge in [-0.3, -0.25) is 10.6 Å². The van der Waals surface area contributed by atoms with E-state index in [1.807, 2.05) is 32.1 Å². The molecule has 0 spiro atoms. The predicted octanol–water partition coefficient (Wildman–Crippen LogP) is 4.76. The fourth-order valence-corrected chi connectivity index (χ4v) is 7.14. The Hall–Kier alpha value is -4.21. The molecule has 2 saturated heterocycles. The maximum Gasteiger partial charge on any atom is 0.412 e. The zero-order chi connectivity index (χ0) is 37.2. The van der Waals surface area contributed by atoms with Crippen LogP contribution < -0.4 is 30.7 Å². The van der Waals surface area contributed by atoms with Crippen LogP contribution in [0.3, 0.4) is 0 Å². The smallest absolute Gasteiger partial charge is 0.412 e. The molecule has 0 aliphatic carbocycles. The van der Waals surface area contributed by atoms with E-state index in [-0.39, 0.29) is 12.8 Å². The van der Waals surface area contributed by atoms with E-state index in [1.165, 1.54) is 21.3 Å². The van der Waals surface area contributed by atoms with Crippen molar-refractivity contribution in [3.8, 4) is 11.5 Å². The molecule has 51 heavy (non-hydrogen) atoms. The minimum absolute atomic E-state index is 0.0280. The molecule has 2 amide bonds. The van der Waals surface area contributed by atoms with Gasteiger partial charge in [-0.2, -0.15) is 0 Å². The van der Waals surface area contributed by atoms with Gasteiger partial charge in [0.2, 0.25) is 0 Å². The summed E-state index contributed by atoms with van der Waals surface area (Å²) >= 11 is 6.78. The fourth-order valence-electron chi connectivity index (χ4n) is 6.82. The second kappa shape index (κ2) is 15.2. The van der Waals surface area contributed by atoms with E-state index in [1.54, 1.807) is 49.2 Å². The number of nitrogens with one attached hydrogen (secondary N) is 2. The Morgan fingerprint density at radius 1 is 1.18 bits per heavy atom. The van der Waals surface area contributed by atoms with Gasteiger partial charge in [0.15, 0.2) is 5.72 Å². The van der Waals surface area contributed by atoms with E-state index in [2.05, 4.69) is 10.6 Å². The molecular formula is C36H47ClN4O10. The number of hydrogen-bond acceptors (Lipinski definition) is 12. The van der Waals surface area contributed by atoms with Crippen LogP contribution in [0, 0.1) is 5.92 Å². The molecule has 0 radical (unpaired) electrons. The van der Waals surface area contributed by atoms with Crippen molar-refractivity contribution in [2.24, 2.45) is 5.92 Å². The van der Waals surface area contributed by atoms with Gasteiger partial charge in [-0.1, -0.05) is 42.3 Å². The lowest BCUT2D eigenvalue weighted by Crippen LogP contribution is -2.63. The average molecular weight is 731 g/mol. The van der Waals surface area contributed by atoms with Crippen molar-refractivity contribution in [1.29, 1.82) is 0 Å². The van der Waals surface area contributed by atoms with Crippen molar-refractivity contribution in [3.05, 3.63) is 64.7 Å². The zero-order valence-electron chi connectivity index (χ0n) is 29.8. The molecule has 6 N–H and O–H groups in total. The Morgan fingerprint density at radius 2 is 1.90 bits per heavy atom. The van der Waals surface area contributed by atoms with E-state index < -0.39 is 60.1 Å². The first kappa shape index (κ1) is 38.0. The minimum atomic E-state index is -1.80. The number of hydrogen-bond donors (Lipinski definition) is 5. The number of halogens is 1. The van der Waals surface area contributed by atoms with Crippen LogP contribution in [0.1, 0.15) is 39.2 Å². The number of aliphatic hydroxyl groups excluding tert-OH is 1. The number of carbonyl (C=O) groups is 2. The van der Waals surface area contributed by atoms with Crippen LogP contribution in [0.25, 0.3) is 0 Å². The van der Waals surface area contributed by atoms with Gasteiger partial charge in [-0.05, 0) is 50.1 Å². The number of allylic oxidation sites excluding steroid dienone is 3. The van der Waals surface area contributed by atoms with E-state index in [0.717, 1.165) is 11.1 Å². The number of epoxide rings is 1. The molecule has 3 aliphatic rings. The van der Waals surface area contributed by atoms with Crippen LogP contribution in [0.4, 0.5) is 26.7 Å². The maximum atomic E-state index is 13.5. The number of nitrogens with two attached hydrogens (primary N) is 1. The summed E-state index contributed by atoms with van der Waals surface area (Å²) < 4.78 is 34.5. The first-order valence-electron chi connectivity index (χ1n) is 16.6. The number of nitrogens with zero attached hydrogens (tertiary/aromatic N) is 1. The number of fused-ring (bicyclic) bond motifs is 5. The van der Waals surface area contributed by atoms with Crippen molar-refractivity contribution in [1.82, 2.24) is 5.32 Å². The Morgan fingerprint density at radius 3 is 2.59 bits per heavy atom. The predicted molar refractivity (Wildman–Crippen MR) is 191 cm³/mol. The standard InChI is InChI=1S/C36H47ClN4O10/c1-19-9-8-10-28(48-7)36(45)18-27(49-34(44)40-36)20(2)32-35(3,51-32)29(50-33(43)39-23-12-11-22(38)16-25(23)46-5)17-30(42)41(4)24-14-21(13-19)15-26(47-6)31(24)37/h8-12,14-16,20,27-30,32,42,45H,13,17-18,38H2,1-7H3,(H,39,43)(H,40,44)/b10-8+,19-9+/t20-,27+,28-,29+,30?,32+,35+,36+/m1/s1. The summed E-state index contributed by atoms with van der Waals surface area (Å²) in [6.07, 6.45) is -0.612. The van der Waals surface area contributed by atoms with Gasteiger partial charge in [-0.15, -0.1) is 0 Å². The Balaban J connectivity index is 1.54. The number of carbonyl (C=O) groups excluding carboxylic acids is 2. The van der Waals surface area contributed by atoms with Crippen LogP contribution in [0.15, 0.2) is 54.1 Å². The highest BCUT2D eigenvalue weighted by atomic mass is 35.5. The van der Waals surface area contributed by atoms with Crippen molar-refractivity contribution in [3.63, 3.8) is 0 Å². The number of benzene rings is 2. The maximum absolute atomic E-state index is 13.5. The largest absolute Gasteiger partial charge is 0.495 e. The van der Waals surface area contributed by atoms with Crippen molar-refractivity contribution >= 4 is 40.8 Å². The lowest BCUT2D eigenvalue weighted by molar-refractivity contribution is -0.142. The van der Waals surface area contributed by atoms with E-state index in [9.17, 15) is 19.8 Å². The van der Waals surface area contributed by atoms with Gasteiger partial charge in [0.25, 0.3) is 0 Å². The number of alkyl carbamates (subject to hydrolysis) is 1. The number of nitrogen functional groups attached to an aromatic ring is 1. The molecule has 8 atom stereocenters. The summed E-state index contributed by atoms with van der Waals surface area (Å²) in [6, 6.07) is 8.42. The molecule has 3 heterocycles. The quantitative estimate of drug-likeness (QED) is 0.210. The van der Waals surface area contributed by atoms with Crippen LogP contribution in [0.2, 0.25) is 5.02 Å². The van der Waals surface area contributed by atoms with Gasteiger partial charge < -0.3 is 49.3 Å². The average Bonchev–Trinajstić information content (AvgIpc) is 3.78. The molecule has 0 aromatic heterocycles. The molecule has 15 heteroatoms. The molecule has 278 valence electrons. The second-order valence-electron chi connectivity index (χ2n) is 13.4. The number of aliphatic hydroxyl groups is 2. The highest BCUT2D eigenvalue weighted by molar-refractivity contribution is 6.34. The van der Waals surface area contributed by atoms with Crippen molar-refractivity contribution in [2.75, 3.05) is 44.3 Å². The Bertz CT molecular complexity index is 1690. The minimum Gasteiger partial charge on any atom is -0.495 e. The summed E-state index contributed by atoms with van der Waals surface area (Å²) in [5.74, 6) is 0.249. The number of rotatable bonds is 5. The lowest BCUT2D eigenvalue weighted by Gasteiger charge is -2.42. The van der Waals surface area contributed by atoms with E-state index in [4.69, 9.17) is 45.8 Å². The summed E-state index contributed by atoms with van der Waals surface area (Å²) in [4.78, 5) is 27.9. The molecule has 4 bridgehead atoms. The number of amides is 2. The van der Waals surface area contributed by atoms with Crippen LogP contribution >= 0.6 is 11.6 Å². The molecule has 2 fully saturated rings. The van der Waals surface area contributed by atoms with Gasteiger partial charge in [0.1, 0.15) is 46.7 Å². The molecule has 2 aromatic rings.